The molecule has 2 amide bonds. The van der Waals surface area contributed by atoms with Gasteiger partial charge in [0, 0.05) is 13.1 Å². The second-order valence-electron chi connectivity index (χ2n) is 5.96. The molecule has 1 heterocycles. The highest BCUT2D eigenvalue weighted by Gasteiger charge is 2.55. The highest BCUT2D eigenvalue weighted by molar-refractivity contribution is 6.33. The molecule has 0 aromatic heterocycles. The molecule has 2 fully saturated rings. The van der Waals surface area contributed by atoms with Crippen LogP contribution in [0.15, 0.2) is 18.2 Å². The lowest BCUT2D eigenvalue weighted by molar-refractivity contribution is -0.149. The molecule has 0 spiro atoms. The van der Waals surface area contributed by atoms with Crippen molar-refractivity contribution < 1.29 is 19.1 Å². The van der Waals surface area contributed by atoms with Crippen molar-refractivity contribution in [3.05, 3.63) is 29.0 Å². The zero-order valence-corrected chi connectivity index (χ0v) is 12.6. The van der Waals surface area contributed by atoms with E-state index in [1.807, 2.05) is 0 Å². The molecule has 7 heteroatoms. The van der Waals surface area contributed by atoms with Crippen molar-refractivity contribution >= 4 is 29.3 Å². The Labute approximate surface area is 132 Å². The largest absolute Gasteiger partial charge is 0.481 e. The number of carboxylic acid groups (broad SMARTS) is 1. The molecule has 0 unspecified atom stereocenters. The highest BCUT2D eigenvalue weighted by Crippen LogP contribution is 2.49. The number of likely N-dealkylation sites (tertiary alicyclic amines) is 1. The number of hydrogen-bond donors (Lipinski definition) is 2. The van der Waals surface area contributed by atoms with E-state index in [0.717, 1.165) is 12.8 Å². The summed E-state index contributed by atoms with van der Waals surface area (Å²) in [5.41, 5.74) is -0.642. The smallest absolute Gasteiger partial charge is 0.321 e. The SMILES string of the molecule is O=C(Nc1cccc(F)c1Cl)N1C[C@@H]2CCC[C@@]2(C(=O)O)C1. The van der Waals surface area contributed by atoms with Crippen LogP contribution in [0.1, 0.15) is 19.3 Å². The number of rotatable bonds is 2. The third kappa shape index (κ3) is 2.31. The average Bonchev–Trinajstić information content (AvgIpc) is 3.01. The number of carbonyl (C=O) groups excluding carboxylic acids is 1. The van der Waals surface area contributed by atoms with Gasteiger partial charge in [0.15, 0.2) is 0 Å². The molecule has 1 aliphatic carbocycles. The number of carboxylic acids is 1. The van der Waals surface area contributed by atoms with Gasteiger partial charge < -0.3 is 15.3 Å². The fourth-order valence-electron chi connectivity index (χ4n) is 3.59. The van der Waals surface area contributed by atoms with Crippen LogP contribution in [0.2, 0.25) is 5.02 Å². The molecule has 22 heavy (non-hydrogen) atoms. The predicted molar refractivity (Wildman–Crippen MR) is 79.4 cm³/mol. The maximum absolute atomic E-state index is 13.4. The Hall–Kier alpha value is -1.82. The van der Waals surface area contributed by atoms with Crippen LogP contribution in [0.3, 0.4) is 0 Å². The molecule has 1 aromatic rings. The summed E-state index contributed by atoms with van der Waals surface area (Å²) in [5.74, 6) is -1.47. The van der Waals surface area contributed by atoms with Gasteiger partial charge in [0.05, 0.1) is 16.1 Å². The lowest BCUT2D eigenvalue weighted by Gasteiger charge is -2.23. The van der Waals surface area contributed by atoms with Crippen LogP contribution in [0.25, 0.3) is 0 Å². The molecular formula is C15H16ClFN2O3. The fraction of sp³-hybridized carbons (Fsp3) is 0.467. The van der Waals surface area contributed by atoms with E-state index in [1.54, 1.807) is 0 Å². The zero-order chi connectivity index (χ0) is 15.9. The second kappa shape index (κ2) is 5.43. The third-order valence-corrected chi connectivity index (χ3v) is 5.16. The number of nitrogens with zero attached hydrogens (tertiary/aromatic N) is 1. The minimum Gasteiger partial charge on any atom is -0.481 e. The van der Waals surface area contributed by atoms with E-state index in [0.29, 0.717) is 13.0 Å². The van der Waals surface area contributed by atoms with Crippen molar-refractivity contribution in [1.29, 1.82) is 0 Å². The average molecular weight is 327 g/mol. The number of benzene rings is 1. The minimum atomic E-state index is -0.839. The topological polar surface area (TPSA) is 69.6 Å². The Kier molecular flexibility index (Phi) is 3.72. The standard InChI is InChI=1S/C15H16ClFN2O3/c16-12-10(17)4-1-5-11(12)18-14(22)19-7-9-3-2-6-15(9,8-19)13(20)21/h1,4-5,9H,2-3,6-8H2,(H,18,22)(H,20,21)/t9-,15+/m0/s1. The second-order valence-corrected chi connectivity index (χ2v) is 6.34. The minimum absolute atomic E-state index is 0.0151. The van der Waals surface area contributed by atoms with Gasteiger partial charge in [-0.15, -0.1) is 0 Å². The molecular weight excluding hydrogens is 311 g/mol. The molecule has 2 N–H and O–H groups in total. The quantitative estimate of drug-likeness (QED) is 0.876. The van der Waals surface area contributed by atoms with E-state index in [-0.39, 0.29) is 23.2 Å². The Morgan fingerprint density at radius 2 is 2.23 bits per heavy atom. The molecule has 1 saturated carbocycles. The Bertz CT molecular complexity index is 639. The number of hydrogen-bond acceptors (Lipinski definition) is 2. The van der Waals surface area contributed by atoms with Gasteiger partial charge in [0.25, 0.3) is 0 Å². The zero-order valence-electron chi connectivity index (χ0n) is 11.8. The van der Waals surface area contributed by atoms with Crippen molar-refractivity contribution in [2.24, 2.45) is 11.3 Å². The molecule has 1 saturated heterocycles. The lowest BCUT2D eigenvalue weighted by atomic mass is 9.81. The van der Waals surface area contributed by atoms with Gasteiger partial charge in [-0.25, -0.2) is 9.18 Å². The predicted octanol–water partition coefficient (Wildman–Crippen LogP) is 3.20. The van der Waals surface area contributed by atoms with Crippen molar-refractivity contribution in [1.82, 2.24) is 4.90 Å². The highest BCUT2D eigenvalue weighted by atomic mass is 35.5. The number of aliphatic carboxylic acids is 1. The Morgan fingerprint density at radius 1 is 1.45 bits per heavy atom. The summed E-state index contributed by atoms with van der Waals surface area (Å²) in [5, 5.41) is 11.9. The van der Waals surface area contributed by atoms with E-state index in [1.165, 1.54) is 23.1 Å². The first-order valence-electron chi connectivity index (χ1n) is 7.17. The number of carbonyl (C=O) groups is 2. The van der Waals surface area contributed by atoms with Gasteiger partial charge in [-0.3, -0.25) is 4.79 Å². The normalized spacial score (nSPS) is 26.8. The molecule has 3 rings (SSSR count). The summed E-state index contributed by atoms with van der Waals surface area (Å²) in [6.45, 7) is 0.594. The molecule has 2 aliphatic rings. The molecule has 2 atom stereocenters. The maximum Gasteiger partial charge on any atom is 0.321 e. The summed E-state index contributed by atoms with van der Waals surface area (Å²) in [6, 6.07) is 3.72. The number of halogens is 2. The van der Waals surface area contributed by atoms with Gasteiger partial charge in [-0.1, -0.05) is 24.1 Å². The number of amides is 2. The summed E-state index contributed by atoms with van der Waals surface area (Å²) in [4.78, 5) is 25.4. The van der Waals surface area contributed by atoms with Crippen LogP contribution >= 0.6 is 11.6 Å². The molecule has 5 nitrogen and oxygen atoms in total. The number of anilines is 1. The van der Waals surface area contributed by atoms with Crippen LogP contribution in [0, 0.1) is 17.2 Å². The Balaban J connectivity index is 1.75. The van der Waals surface area contributed by atoms with Crippen molar-refractivity contribution in [3.8, 4) is 0 Å². The van der Waals surface area contributed by atoms with Gasteiger partial charge in [0.1, 0.15) is 5.82 Å². The first-order chi connectivity index (χ1) is 10.4. The molecule has 118 valence electrons. The number of urea groups is 1. The van der Waals surface area contributed by atoms with Crippen LogP contribution in [-0.2, 0) is 4.79 Å². The van der Waals surface area contributed by atoms with E-state index in [4.69, 9.17) is 11.6 Å². The lowest BCUT2D eigenvalue weighted by Crippen LogP contribution is -2.38. The number of fused-ring (bicyclic) bond motifs is 1. The summed E-state index contributed by atoms with van der Waals surface area (Å²) >= 11 is 5.82. The van der Waals surface area contributed by atoms with Crippen LogP contribution in [-0.4, -0.2) is 35.1 Å². The van der Waals surface area contributed by atoms with Gasteiger partial charge >= 0.3 is 12.0 Å². The van der Waals surface area contributed by atoms with E-state index >= 15 is 0 Å². The Morgan fingerprint density at radius 3 is 2.91 bits per heavy atom. The molecule has 0 radical (unpaired) electrons. The monoisotopic (exact) mass is 326 g/mol. The van der Waals surface area contributed by atoms with Crippen molar-refractivity contribution in [2.75, 3.05) is 18.4 Å². The summed E-state index contributed by atoms with van der Waals surface area (Å²) in [7, 11) is 0. The van der Waals surface area contributed by atoms with E-state index < -0.39 is 23.2 Å². The summed E-state index contributed by atoms with van der Waals surface area (Å²) in [6.07, 6.45) is 2.29. The van der Waals surface area contributed by atoms with Crippen molar-refractivity contribution in [2.45, 2.75) is 19.3 Å². The van der Waals surface area contributed by atoms with Crippen LogP contribution < -0.4 is 5.32 Å². The number of nitrogens with one attached hydrogen (secondary N) is 1. The third-order valence-electron chi connectivity index (χ3n) is 4.78. The first kappa shape index (κ1) is 15.1. The molecule has 1 aromatic carbocycles. The molecule has 1 aliphatic heterocycles. The molecule has 0 bridgehead atoms. The van der Waals surface area contributed by atoms with Crippen molar-refractivity contribution in [3.63, 3.8) is 0 Å². The fourth-order valence-corrected chi connectivity index (χ4v) is 3.76. The van der Waals surface area contributed by atoms with Crippen LogP contribution in [0.5, 0.6) is 0 Å². The van der Waals surface area contributed by atoms with Gasteiger partial charge in [-0.2, -0.15) is 0 Å². The van der Waals surface area contributed by atoms with E-state index in [2.05, 4.69) is 5.32 Å². The first-order valence-corrected chi connectivity index (χ1v) is 7.55. The summed E-state index contributed by atoms with van der Waals surface area (Å²) < 4.78 is 13.4. The van der Waals surface area contributed by atoms with Gasteiger partial charge in [-0.05, 0) is 30.9 Å². The van der Waals surface area contributed by atoms with Crippen LogP contribution in [0.4, 0.5) is 14.9 Å². The maximum atomic E-state index is 13.4. The van der Waals surface area contributed by atoms with Gasteiger partial charge in [0.2, 0.25) is 0 Å². The van der Waals surface area contributed by atoms with E-state index in [9.17, 15) is 19.1 Å².